The van der Waals surface area contributed by atoms with Gasteiger partial charge in [0.1, 0.15) is 0 Å². The number of aliphatic hydroxyl groups is 1. The van der Waals surface area contributed by atoms with Crippen molar-refractivity contribution in [3.05, 3.63) is 23.8 Å². The summed E-state index contributed by atoms with van der Waals surface area (Å²) in [5.41, 5.74) is 0.401. The van der Waals surface area contributed by atoms with Crippen LogP contribution in [0.4, 0.5) is 0 Å². The third kappa shape index (κ3) is 3.49. The van der Waals surface area contributed by atoms with Crippen molar-refractivity contribution in [3.8, 4) is 11.5 Å². The highest BCUT2D eigenvalue weighted by molar-refractivity contribution is 5.98. The fourth-order valence-corrected chi connectivity index (χ4v) is 2.58. The molecule has 1 saturated heterocycles. The van der Waals surface area contributed by atoms with Gasteiger partial charge < -0.3 is 15.3 Å². The molecule has 1 heterocycles. The van der Waals surface area contributed by atoms with Crippen LogP contribution in [0.15, 0.2) is 18.2 Å². The lowest BCUT2D eigenvalue weighted by molar-refractivity contribution is 0.0664. The zero-order valence-electron chi connectivity index (χ0n) is 11.6. The first-order valence-corrected chi connectivity index (χ1v) is 6.93. The van der Waals surface area contributed by atoms with E-state index >= 15 is 0 Å². The Kier molecular flexibility index (Phi) is 4.62. The maximum absolute atomic E-state index is 12.1. The van der Waals surface area contributed by atoms with Gasteiger partial charge in [0.15, 0.2) is 17.3 Å². The highest BCUT2D eigenvalue weighted by Gasteiger charge is 2.24. The Morgan fingerprint density at radius 2 is 1.95 bits per heavy atom. The largest absolute Gasteiger partial charge is 0.504 e. The molecule has 20 heavy (non-hydrogen) atoms. The van der Waals surface area contributed by atoms with Crippen molar-refractivity contribution < 1.29 is 20.1 Å². The lowest BCUT2D eigenvalue weighted by Crippen LogP contribution is -2.39. The summed E-state index contributed by atoms with van der Waals surface area (Å²) in [7, 11) is 0. The molecular formula is C15H21NO4. The topological polar surface area (TPSA) is 81.0 Å². The quantitative estimate of drug-likeness (QED) is 0.573. The maximum atomic E-state index is 12.1. The third-order valence-corrected chi connectivity index (χ3v) is 3.98. The van der Waals surface area contributed by atoms with Crippen molar-refractivity contribution >= 4 is 5.78 Å². The van der Waals surface area contributed by atoms with E-state index in [2.05, 4.69) is 4.90 Å². The van der Waals surface area contributed by atoms with Crippen LogP contribution >= 0.6 is 0 Å². The summed E-state index contributed by atoms with van der Waals surface area (Å²) in [5.74, 6) is -0.252. The number of nitrogens with zero attached hydrogens (tertiary/aromatic N) is 1. The van der Waals surface area contributed by atoms with Crippen LogP contribution < -0.4 is 0 Å². The van der Waals surface area contributed by atoms with Crippen molar-refractivity contribution in [2.24, 2.45) is 5.92 Å². The minimum Gasteiger partial charge on any atom is -0.504 e. The number of carbonyl (C=O) groups excluding carboxylic acids is 1. The number of phenols is 2. The van der Waals surface area contributed by atoms with E-state index < -0.39 is 0 Å². The van der Waals surface area contributed by atoms with Gasteiger partial charge in [-0.2, -0.15) is 0 Å². The van der Waals surface area contributed by atoms with Gasteiger partial charge in [0.2, 0.25) is 0 Å². The number of carbonyl (C=O) groups is 1. The summed E-state index contributed by atoms with van der Waals surface area (Å²) in [4.78, 5) is 14.2. The molecule has 0 spiro atoms. The molecule has 3 N–H and O–H groups in total. The predicted octanol–water partition coefficient (Wildman–Crippen LogP) is 1.37. The van der Waals surface area contributed by atoms with Crippen molar-refractivity contribution in [2.45, 2.75) is 25.9 Å². The molecule has 1 aliphatic heterocycles. The molecule has 1 aliphatic rings. The first-order valence-electron chi connectivity index (χ1n) is 6.93. The van der Waals surface area contributed by atoms with Gasteiger partial charge in [0.05, 0.1) is 12.6 Å². The molecule has 1 aromatic rings. The van der Waals surface area contributed by atoms with Gasteiger partial charge in [-0.15, -0.1) is 0 Å². The fourth-order valence-electron chi connectivity index (χ4n) is 2.58. The fraction of sp³-hybridized carbons (Fsp3) is 0.533. The molecule has 1 aromatic carbocycles. The number of ketones is 1. The smallest absolute Gasteiger partial charge is 0.176 e. The summed E-state index contributed by atoms with van der Waals surface area (Å²) < 4.78 is 0. The molecule has 110 valence electrons. The normalized spacial score (nSPS) is 18.9. The molecule has 1 atom stereocenters. The standard InChI is InChI=1S/C15H21NO4/c1-10(17)11-4-6-16(7-5-11)9-15(20)12-2-3-13(18)14(19)8-12/h2-3,8,10-11,17-19H,4-7,9H2,1H3. The Labute approximate surface area is 118 Å². The third-order valence-electron chi connectivity index (χ3n) is 3.98. The second kappa shape index (κ2) is 6.24. The maximum Gasteiger partial charge on any atom is 0.176 e. The van der Waals surface area contributed by atoms with E-state index in [9.17, 15) is 20.1 Å². The Bertz CT molecular complexity index is 479. The number of aromatic hydroxyl groups is 2. The molecule has 2 rings (SSSR count). The van der Waals surface area contributed by atoms with Gasteiger partial charge in [-0.3, -0.25) is 9.69 Å². The second-order valence-electron chi connectivity index (χ2n) is 5.48. The number of rotatable bonds is 4. The summed E-state index contributed by atoms with van der Waals surface area (Å²) in [5, 5.41) is 28.2. The molecule has 0 radical (unpaired) electrons. The first-order chi connectivity index (χ1) is 9.47. The van der Waals surface area contributed by atoms with E-state index in [0.717, 1.165) is 25.9 Å². The molecule has 0 amide bonds. The molecule has 0 saturated carbocycles. The van der Waals surface area contributed by atoms with Crippen LogP contribution in [-0.4, -0.2) is 51.7 Å². The summed E-state index contributed by atoms with van der Waals surface area (Å²) in [6, 6.07) is 4.13. The number of benzene rings is 1. The molecule has 0 aromatic heterocycles. The molecule has 1 unspecified atom stereocenters. The van der Waals surface area contributed by atoms with Crippen LogP contribution in [0.2, 0.25) is 0 Å². The zero-order chi connectivity index (χ0) is 14.7. The summed E-state index contributed by atoms with van der Waals surface area (Å²) in [6.07, 6.45) is 1.50. The number of phenolic OH excluding ortho intramolecular Hbond substituents is 2. The number of Topliss-reactive ketones (excluding diaryl/α,β-unsaturated/α-hetero) is 1. The highest BCUT2D eigenvalue weighted by Crippen LogP contribution is 2.25. The summed E-state index contributed by atoms with van der Waals surface area (Å²) >= 11 is 0. The van der Waals surface area contributed by atoms with Gasteiger partial charge in [0, 0.05) is 5.56 Å². The SMILES string of the molecule is CC(O)C1CCN(CC(=O)c2ccc(O)c(O)c2)CC1. The van der Waals surface area contributed by atoms with Crippen molar-refractivity contribution in [1.29, 1.82) is 0 Å². The molecular weight excluding hydrogens is 258 g/mol. The lowest BCUT2D eigenvalue weighted by Gasteiger charge is -2.32. The van der Waals surface area contributed by atoms with Gasteiger partial charge in [-0.25, -0.2) is 0 Å². The Hall–Kier alpha value is -1.59. The molecule has 0 aliphatic carbocycles. The van der Waals surface area contributed by atoms with Gasteiger partial charge in [-0.1, -0.05) is 0 Å². The number of hydrogen-bond acceptors (Lipinski definition) is 5. The van der Waals surface area contributed by atoms with Gasteiger partial charge in [-0.05, 0) is 57.0 Å². The highest BCUT2D eigenvalue weighted by atomic mass is 16.3. The van der Waals surface area contributed by atoms with Crippen molar-refractivity contribution in [2.75, 3.05) is 19.6 Å². The average Bonchev–Trinajstić information content (AvgIpc) is 2.42. The zero-order valence-corrected chi connectivity index (χ0v) is 11.6. The van der Waals surface area contributed by atoms with E-state index in [0.29, 0.717) is 18.0 Å². The molecule has 1 fully saturated rings. The minimum atomic E-state index is -0.290. The Morgan fingerprint density at radius 1 is 1.30 bits per heavy atom. The first kappa shape index (κ1) is 14.8. The van der Waals surface area contributed by atoms with E-state index in [4.69, 9.17) is 0 Å². The number of likely N-dealkylation sites (tertiary alicyclic amines) is 1. The number of piperidine rings is 1. The van der Waals surface area contributed by atoms with E-state index in [-0.39, 0.29) is 23.4 Å². The van der Waals surface area contributed by atoms with Crippen LogP contribution in [-0.2, 0) is 0 Å². The molecule has 0 bridgehead atoms. The van der Waals surface area contributed by atoms with E-state index in [1.165, 1.54) is 18.2 Å². The van der Waals surface area contributed by atoms with Crippen LogP contribution in [0.1, 0.15) is 30.1 Å². The van der Waals surface area contributed by atoms with E-state index in [1.54, 1.807) is 0 Å². The molecule has 5 heteroatoms. The number of aliphatic hydroxyl groups excluding tert-OH is 1. The predicted molar refractivity (Wildman–Crippen MR) is 74.9 cm³/mol. The average molecular weight is 279 g/mol. The summed E-state index contributed by atoms with van der Waals surface area (Å²) in [6.45, 7) is 3.71. The van der Waals surface area contributed by atoms with Crippen LogP contribution in [0, 0.1) is 5.92 Å². The Balaban J connectivity index is 1.91. The minimum absolute atomic E-state index is 0.0733. The van der Waals surface area contributed by atoms with Crippen LogP contribution in [0.5, 0.6) is 11.5 Å². The Morgan fingerprint density at radius 3 is 2.50 bits per heavy atom. The van der Waals surface area contributed by atoms with Crippen molar-refractivity contribution in [3.63, 3.8) is 0 Å². The van der Waals surface area contributed by atoms with Crippen LogP contribution in [0.3, 0.4) is 0 Å². The lowest BCUT2D eigenvalue weighted by atomic mass is 9.92. The van der Waals surface area contributed by atoms with Gasteiger partial charge >= 0.3 is 0 Å². The van der Waals surface area contributed by atoms with E-state index in [1.807, 2.05) is 6.92 Å². The molecule has 5 nitrogen and oxygen atoms in total. The van der Waals surface area contributed by atoms with Crippen molar-refractivity contribution in [1.82, 2.24) is 4.90 Å². The second-order valence-corrected chi connectivity index (χ2v) is 5.48. The monoisotopic (exact) mass is 279 g/mol. The number of hydrogen-bond donors (Lipinski definition) is 3. The van der Waals surface area contributed by atoms with Crippen LogP contribution in [0.25, 0.3) is 0 Å². The van der Waals surface area contributed by atoms with Gasteiger partial charge in [0.25, 0.3) is 0 Å².